The lowest BCUT2D eigenvalue weighted by Gasteiger charge is -2.28. The smallest absolute Gasteiger partial charge is 0.160 e. The Hall–Kier alpha value is -1.56. The first-order valence-electron chi connectivity index (χ1n) is 7.83. The van der Waals surface area contributed by atoms with Gasteiger partial charge in [0.1, 0.15) is 0 Å². The maximum absolute atomic E-state index is 11.3. The van der Waals surface area contributed by atoms with E-state index in [1.807, 2.05) is 24.5 Å². The number of hydrogen-bond acceptors (Lipinski definition) is 5. The zero-order valence-electron chi connectivity index (χ0n) is 12.4. The number of piperidine rings is 1. The summed E-state index contributed by atoms with van der Waals surface area (Å²) in [6.45, 7) is 3.24. The molecular formula is C17H19N3OS. The second-order valence-electron chi connectivity index (χ2n) is 6.08. The van der Waals surface area contributed by atoms with E-state index in [0.29, 0.717) is 11.8 Å². The van der Waals surface area contributed by atoms with Gasteiger partial charge in [-0.15, -0.1) is 11.3 Å². The van der Waals surface area contributed by atoms with Crippen LogP contribution in [0, 0.1) is 5.92 Å². The van der Waals surface area contributed by atoms with Gasteiger partial charge in [0.25, 0.3) is 0 Å². The largest absolute Gasteiger partial charge is 0.297 e. The Labute approximate surface area is 134 Å². The van der Waals surface area contributed by atoms with Gasteiger partial charge in [0.05, 0.1) is 4.88 Å². The van der Waals surface area contributed by atoms with Gasteiger partial charge in [0.15, 0.2) is 6.29 Å². The maximum Gasteiger partial charge on any atom is 0.160 e. The molecule has 114 valence electrons. The summed E-state index contributed by atoms with van der Waals surface area (Å²) in [4.78, 5) is 17.4. The Morgan fingerprint density at radius 2 is 2.05 bits per heavy atom. The zero-order chi connectivity index (χ0) is 14.9. The average molecular weight is 313 g/mol. The number of aromatic nitrogens is 1. The summed E-state index contributed by atoms with van der Waals surface area (Å²) >= 11 is 1.60. The van der Waals surface area contributed by atoms with Crippen LogP contribution in [0.5, 0.6) is 0 Å². The molecule has 1 unspecified atom stereocenters. The number of rotatable bonds is 3. The molecule has 22 heavy (non-hydrogen) atoms. The van der Waals surface area contributed by atoms with E-state index in [9.17, 15) is 4.79 Å². The van der Waals surface area contributed by atoms with Crippen LogP contribution in [0.15, 0.2) is 30.6 Å². The van der Waals surface area contributed by atoms with Crippen LogP contribution in [-0.4, -0.2) is 35.9 Å². The van der Waals surface area contributed by atoms with E-state index < -0.39 is 0 Å². The minimum atomic E-state index is 0.487. The first-order chi connectivity index (χ1) is 10.8. The van der Waals surface area contributed by atoms with Gasteiger partial charge in [-0.2, -0.15) is 0 Å². The molecule has 0 amide bonds. The Morgan fingerprint density at radius 3 is 2.77 bits per heavy atom. The number of carbonyl (C=O) groups excluding carboxylic acids is 1. The number of thiophene rings is 1. The number of fused-ring (bicyclic) bond motifs is 4. The van der Waals surface area contributed by atoms with Crippen LogP contribution in [0.4, 0.5) is 0 Å². The van der Waals surface area contributed by atoms with Crippen molar-refractivity contribution in [2.24, 2.45) is 5.92 Å². The van der Waals surface area contributed by atoms with Gasteiger partial charge in [-0.3, -0.25) is 15.2 Å². The summed E-state index contributed by atoms with van der Waals surface area (Å²) < 4.78 is 0. The highest BCUT2D eigenvalue weighted by atomic mass is 32.1. The second kappa shape index (κ2) is 5.91. The summed E-state index contributed by atoms with van der Waals surface area (Å²) in [6, 6.07) is 6.18. The zero-order valence-corrected chi connectivity index (χ0v) is 13.2. The van der Waals surface area contributed by atoms with Crippen molar-refractivity contribution in [1.82, 2.24) is 15.4 Å². The Balaban J connectivity index is 1.77. The van der Waals surface area contributed by atoms with Gasteiger partial charge in [0.2, 0.25) is 0 Å². The Morgan fingerprint density at radius 1 is 1.27 bits per heavy atom. The molecule has 3 aliphatic rings. The number of aldehydes is 1. The minimum absolute atomic E-state index is 0.487. The van der Waals surface area contributed by atoms with Crippen molar-refractivity contribution in [2.75, 3.05) is 19.6 Å². The summed E-state index contributed by atoms with van der Waals surface area (Å²) in [6.07, 6.45) is 7.09. The lowest BCUT2D eigenvalue weighted by Crippen LogP contribution is -2.39. The first-order valence-corrected chi connectivity index (χ1v) is 8.64. The molecule has 5 rings (SSSR count). The molecule has 0 spiro atoms. The summed E-state index contributed by atoms with van der Waals surface area (Å²) in [5.74, 6) is 1.20. The standard InChI is InChI=1S/C17H19N3OS/c21-11-14-9-15(17(22-14)13-1-5-18-6-2-13)16-10-19-20-7-3-12(16)4-8-20/h1-2,5-6,9,11-12,16,19H,3-4,7-8,10H2. The average Bonchev–Trinajstić information content (AvgIpc) is 2.79. The molecule has 0 saturated carbocycles. The van der Waals surface area contributed by atoms with Gasteiger partial charge in [-0.05, 0) is 48.1 Å². The lowest BCUT2D eigenvalue weighted by atomic mass is 9.80. The fourth-order valence-electron chi connectivity index (χ4n) is 3.71. The second-order valence-corrected chi connectivity index (χ2v) is 7.16. The van der Waals surface area contributed by atoms with E-state index in [-0.39, 0.29) is 0 Å². The molecule has 4 nitrogen and oxygen atoms in total. The molecule has 0 radical (unpaired) electrons. The van der Waals surface area contributed by atoms with Crippen molar-refractivity contribution < 1.29 is 4.79 Å². The molecule has 2 aromatic heterocycles. The molecule has 3 aliphatic heterocycles. The van der Waals surface area contributed by atoms with E-state index in [1.165, 1.54) is 28.8 Å². The lowest BCUT2D eigenvalue weighted by molar-refractivity contribution is 0.112. The molecular weight excluding hydrogens is 294 g/mol. The maximum atomic E-state index is 11.3. The number of hydrogen-bond donors (Lipinski definition) is 1. The van der Waals surface area contributed by atoms with Crippen molar-refractivity contribution in [2.45, 2.75) is 18.8 Å². The number of nitrogens with one attached hydrogen (secondary N) is 1. The number of hydrazine groups is 1. The molecule has 2 bridgehead atoms. The van der Waals surface area contributed by atoms with Crippen molar-refractivity contribution in [3.8, 4) is 10.4 Å². The Kier molecular flexibility index (Phi) is 3.78. The molecule has 5 heterocycles. The number of carbonyl (C=O) groups is 1. The molecule has 5 heteroatoms. The highest BCUT2D eigenvalue weighted by molar-refractivity contribution is 7.17. The fraction of sp³-hybridized carbons (Fsp3) is 0.412. The third-order valence-electron chi connectivity index (χ3n) is 4.88. The highest BCUT2D eigenvalue weighted by Gasteiger charge is 2.33. The molecule has 3 fully saturated rings. The van der Waals surface area contributed by atoms with E-state index in [4.69, 9.17) is 0 Å². The van der Waals surface area contributed by atoms with Crippen LogP contribution < -0.4 is 5.43 Å². The third-order valence-corrected chi connectivity index (χ3v) is 6.01. The normalized spacial score (nSPS) is 27.5. The predicted molar refractivity (Wildman–Crippen MR) is 88.0 cm³/mol. The van der Waals surface area contributed by atoms with Crippen LogP contribution in [0.3, 0.4) is 0 Å². The fourth-order valence-corrected chi connectivity index (χ4v) is 4.76. The monoisotopic (exact) mass is 313 g/mol. The quantitative estimate of drug-likeness (QED) is 0.885. The topological polar surface area (TPSA) is 45.2 Å². The van der Waals surface area contributed by atoms with E-state index in [0.717, 1.165) is 30.8 Å². The van der Waals surface area contributed by atoms with Gasteiger partial charge in [-0.25, -0.2) is 5.01 Å². The van der Waals surface area contributed by atoms with Crippen molar-refractivity contribution in [3.63, 3.8) is 0 Å². The van der Waals surface area contributed by atoms with Crippen LogP contribution in [-0.2, 0) is 0 Å². The van der Waals surface area contributed by atoms with Crippen molar-refractivity contribution in [1.29, 1.82) is 0 Å². The molecule has 1 atom stereocenters. The Bertz CT molecular complexity index is 662. The summed E-state index contributed by atoms with van der Waals surface area (Å²) in [5, 5.41) is 2.34. The van der Waals surface area contributed by atoms with Crippen molar-refractivity contribution >= 4 is 17.6 Å². The SMILES string of the molecule is O=Cc1cc(C2CNN3CCC2CC3)c(-c2ccncc2)s1. The summed E-state index contributed by atoms with van der Waals surface area (Å²) in [5.41, 5.74) is 6.07. The van der Waals surface area contributed by atoms with Gasteiger partial charge < -0.3 is 0 Å². The van der Waals surface area contributed by atoms with Gasteiger partial charge in [-0.1, -0.05) is 0 Å². The predicted octanol–water partition coefficient (Wildman–Crippen LogP) is 2.94. The van der Waals surface area contributed by atoms with Crippen molar-refractivity contribution in [3.05, 3.63) is 41.0 Å². The van der Waals surface area contributed by atoms with E-state index >= 15 is 0 Å². The van der Waals surface area contributed by atoms with E-state index in [2.05, 4.69) is 21.5 Å². The molecule has 0 aromatic carbocycles. The van der Waals surface area contributed by atoms with Crippen LogP contribution in [0.2, 0.25) is 0 Å². The molecule has 3 saturated heterocycles. The highest BCUT2D eigenvalue weighted by Crippen LogP contribution is 2.42. The molecule has 1 N–H and O–H groups in total. The molecule has 0 aliphatic carbocycles. The third kappa shape index (κ3) is 2.49. The minimum Gasteiger partial charge on any atom is -0.297 e. The number of nitrogens with zero attached hydrogens (tertiary/aromatic N) is 2. The first kappa shape index (κ1) is 14.1. The van der Waals surface area contributed by atoms with E-state index in [1.54, 1.807) is 11.3 Å². The number of pyridine rings is 1. The van der Waals surface area contributed by atoms with Gasteiger partial charge in [0, 0.05) is 42.8 Å². The van der Waals surface area contributed by atoms with Crippen LogP contribution in [0.25, 0.3) is 10.4 Å². The van der Waals surface area contributed by atoms with Crippen LogP contribution in [0.1, 0.15) is 34.0 Å². The van der Waals surface area contributed by atoms with Gasteiger partial charge >= 0.3 is 0 Å². The summed E-state index contributed by atoms with van der Waals surface area (Å²) in [7, 11) is 0. The van der Waals surface area contributed by atoms with Crippen LogP contribution >= 0.6 is 11.3 Å². The molecule has 2 aromatic rings.